The Morgan fingerprint density at radius 2 is 1.96 bits per heavy atom. The van der Waals surface area contributed by atoms with Gasteiger partial charge in [0.05, 0.1) is 6.26 Å². The number of nitrogens with one attached hydrogen (secondary N) is 1. The second-order valence-corrected chi connectivity index (χ2v) is 6.98. The summed E-state index contributed by atoms with van der Waals surface area (Å²) in [5.74, 6) is 1.00. The molecule has 124 valence electrons. The number of hydrogen-bond donors (Lipinski definition) is 1. The lowest BCUT2D eigenvalue weighted by Crippen LogP contribution is -2.10. The molecular formula is C17H15NO5S. The molecule has 24 heavy (non-hydrogen) atoms. The zero-order valence-electron chi connectivity index (χ0n) is 12.9. The van der Waals surface area contributed by atoms with Crippen LogP contribution in [0.5, 0.6) is 11.5 Å². The van der Waals surface area contributed by atoms with Crippen molar-refractivity contribution < 1.29 is 22.7 Å². The Labute approximate surface area is 139 Å². The fourth-order valence-electron chi connectivity index (χ4n) is 2.30. The zero-order chi connectivity index (χ0) is 17.2. The summed E-state index contributed by atoms with van der Waals surface area (Å²) >= 11 is 0. The van der Waals surface area contributed by atoms with E-state index in [2.05, 4.69) is 4.72 Å². The molecule has 0 atom stereocenters. The minimum Gasteiger partial charge on any atom is -0.454 e. The van der Waals surface area contributed by atoms with Crippen LogP contribution in [0.4, 0.5) is 5.69 Å². The van der Waals surface area contributed by atoms with Gasteiger partial charge in [-0.2, -0.15) is 0 Å². The molecule has 0 saturated heterocycles. The van der Waals surface area contributed by atoms with Crippen molar-refractivity contribution in [2.75, 3.05) is 17.8 Å². The van der Waals surface area contributed by atoms with E-state index in [4.69, 9.17) is 9.47 Å². The highest BCUT2D eigenvalue weighted by molar-refractivity contribution is 7.92. The fourth-order valence-corrected chi connectivity index (χ4v) is 2.85. The van der Waals surface area contributed by atoms with Crippen LogP contribution < -0.4 is 14.2 Å². The Hall–Kier alpha value is -2.80. The van der Waals surface area contributed by atoms with Crippen LogP contribution in [0.2, 0.25) is 0 Å². The fraction of sp³-hybridized carbons (Fsp3) is 0.118. The number of carbonyl (C=O) groups excluding carboxylic acids is 1. The van der Waals surface area contributed by atoms with Crippen LogP contribution in [0.25, 0.3) is 6.08 Å². The smallest absolute Gasteiger partial charge is 0.231 e. The van der Waals surface area contributed by atoms with Crippen molar-refractivity contribution in [3.8, 4) is 11.5 Å². The van der Waals surface area contributed by atoms with Crippen molar-refractivity contribution >= 4 is 27.6 Å². The van der Waals surface area contributed by atoms with Crippen LogP contribution in [0.3, 0.4) is 0 Å². The van der Waals surface area contributed by atoms with Crippen molar-refractivity contribution in [2.24, 2.45) is 0 Å². The van der Waals surface area contributed by atoms with Gasteiger partial charge in [0, 0.05) is 16.8 Å². The largest absolute Gasteiger partial charge is 0.454 e. The molecule has 0 fully saturated rings. The number of sulfonamides is 1. The van der Waals surface area contributed by atoms with Gasteiger partial charge in [0.25, 0.3) is 0 Å². The number of ketones is 1. The predicted molar refractivity (Wildman–Crippen MR) is 90.8 cm³/mol. The predicted octanol–water partition coefficient (Wildman–Crippen LogP) is 2.68. The van der Waals surface area contributed by atoms with Crippen LogP contribution in [0, 0.1) is 0 Å². The summed E-state index contributed by atoms with van der Waals surface area (Å²) in [6, 6.07) is 11.7. The molecule has 0 saturated carbocycles. The molecule has 0 aliphatic carbocycles. The van der Waals surface area contributed by atoms with Crippen LogP contribution in [0.1, 0.15) is 15.9 Å². The summed E-state index contributed by atoms with van der Waals surface area (Å²) in [5, 5.41) is 0. The third kappa shape index (κ3) is 3.75. The average molecular weight is 345 g/mol. The van der Waals surface area contributed by atoms with Gasteiger partial charge >= 0.3 is 0 Å². The molecule has 1 aliphatic heterocycles. The summed E-state index contributed by atoms with van der Waals surface area (Å²) < 4.78 is 35.5. The lowest BCUT2D eigenvalue weighted by Gasteiger charge is -2.05. The van der Waals surface area contributed by atoms with E-state index in [1.54, 1.807) is 30.3 Å². The molecule has 6 nitrogen and oxygen atoms in total. The van der Waals surface area contributed by atoms with Crippen LogP contribution in [-0.4, -0.2) is 27.2 Å². The topological polar surface area (TPSA) is 81.7 Å². The first kappa shape index (κ1) is 16.1. The van der Waals surface area contributed by atoms with E-state index in [1.807, 2.05) is 12.1 Å². The summed E-state index contributed by atoms with van der Waals surface area (Å²) in [6.45, 7) is 0.160. The quantitative estimate of drug-likeness (QED) is 0.665. The normalized spacial score (nSPS) is 13.2. The van der Waals surface area contributed by atoms with Gasteiger partial charge in [0.1, 0.15) is 0 Å². The van der Waals surface area contributed by atoms with E-state index in [1.165, 1.54) is 12.1 Å². The Balaban J connectivity index is 1.81. The average Bonchev–Trinajstić information content (AvgIpc) is 3.00. The van der Waals surface area contributed by atoms with Gasteiger partial charge in [-0.15, -0.1) is 0 Å². The first-order valence-electron chi connectivity index (χ1n) is 7.11. The minimum atomic E-state index is -3.39. The Morgan fingerprint density at radius 1 is 1.17 bits per heavy atom. The second-order valence-electron chi connectivity index (χ2n) is 5.23. The van der Waals surface area contributed by atoms with E-state index >= 15 is 0 Å². The molecule has 0 unspecified atom stereocenters. The summed E-state index contributed by atoms with van der Waals surface area (Å²) in [6.07, 6.45) is 4.11. The van der Waals surface area contributed by atoms with Crippen molar-refractivity contribution in [1.82, 2.24) is 0 Å². The molecule has 1 N–H and O–H groups in total. The molecule has 1 aliphatic rings. The molecule has 0 amide bonds. The maximum Gasteiger partial charge on any atom is 0.231 e. The number of ether oxygens (including phenoxy) is 2. The number of hydrogen-bond acceptors (Lipinski definition) is 5. The van der Waals surface area contributed by atoms with Crippen molar-refractivity contribution in [2.45, 2.75) is 0 Å². The lowest BCUT2D eigenvalue weighted by atomic mass is 10.1. The molecule has 7 heteroatoms. The SMILES string of the molecule is CS(=O)(=O)Nc1cccc(C(=O)/C=C\c2cccc3c2OCO3)c1. The maximum atomic E-state index is 12.3. The first-order chi connectivity index (χ1) is 11.4. The van der Waals surface area contributed by atoms with E-state index in [-0.39, 0.29) is 12.6 Å². The monoisotopic (exact) mass is 345 g/mol. The third-order valence-electron chi connectivity index (χ3n) is 3.29. The van der Waals surface area contributed by atoms with Crippen molar-refractivity contribution in [1.29, 1.82) is 0 Å². The van der Waals surface area contributed by atoms with E-state index in [0.717, 1.165) is 11.8 Å². The number of allylic oxidation sites excluding steroid dienone is 1. The van der Waals surface area contributed by atoms with Gasteiger partial charge in [-0.1, -0.05) is 24.3 Å². The summed E-state index contributed by atoms with van der Waals surface area (Å²) in [4.78, 5) is 12.3. The molecule has 2 aromatic carbocycles. The maximum absolute atomic E-state index is 12.3. The second kappa shape index (κ2) is 6.37. The van der Waals surface area contributed by atoms with E-state index in [9.17, 15) is 13.2 Å². The highest BCUT2D eigenvalue weighted by Crippen LogP contribution is 2.35. The molecule has 0 spiro atoms. The highest BCUT2D eigenvalue weighted by Gasteiger charge is 2.15. The van der Waals surface area contributed by atoms with Gasteiger partial charge in [0.15, 0.2) is 17.3 Å². The number of benzene rings is 2. The van der Waals surface area contributed by atoms with Gasteiger partial charge in [-0.05, 0) is 30.4 Å². The molecule has 3 rings (SSSR count). The number of carbonyl (C=O) groups is 1. The Morgan fingerprint density at radius 3 is 2.75 bits per heavy atom. The standard InChI is InChI=1S/C17H15NO5S/c1-24(20,21)18-14-6-2-5-13(10-14)15(19)9-8-12-4-3-7-16-17(12)23-11-22-16/h2-10,18H,11H2,1H3/b9-8-. The minimum absolute atomic E-state index is 0.160. The van der Waals surface area contributed by atoms with Crippen LogP contribution in [-0.2, 0) is 10.0 Å². The van der Waals surface area contributed by atoms with Crippen LogP contribution >= 0.6 is 0 Å². The third-order valence-corrected chi connectivity index (χ3v) is 3.90. The van der Waals surface area contributed by atoms with Gasteiger partial charge < -0.3 is 9.47 Å². The summed E-state index contributed by atoms with van der Waals surface area (Å²) in [7, 11) is -3.39. The zero-order valence-corrected chi connectivity index (χ0v) is 13.7. The molecule has 0 aromatic heterocycles. The highest BCUT2D eigenvalue weighted by atomic mass is 32.2. The van der Waals surface area contributed by atoms with Gasteiger partial charge in [-0.3, -0.25) is 9.52 Å². The van der Waals surface area contributed by atoms with E-state index in [0.29, 0.717) is 22.7 Å². The Bertz CT molecular complexity index is 918. The van der Waals surface area contributed by atoms with Crippen molar-refractivity contribution in [3.63, 3.8) is 0 Å². The molecule has 0 bridgehead atoms. The number of anilines is 1. The lowest BCUT2D eigenvalue weighted by molar-refractivity contribution is 0.104. The van der Waals surface area contributed by atoms with Crippen molar-refractivity contribution in [3.05, 3.63) is 59.7 Å². The molecular weight excluding hydrogens is 330 g/mol. The number of rotatable bonds is 5. The number of para-hydroxylation sites is 1. The molecule has 2 aromatic rings. The summed E-state index contributed by atoms with van der Waals surface area (Å²) in [5.41, 5.74) is 1.46. The number of fused-ring (bicyclic) bond motifs is 1. The van der Waals surface area contributed by atoms with Crippen LogP contribution in [0.15, 0.2) is 48.5 Å². The Kier molecular flexibility index (Phi) is 4.26. The van der Waals surface area contributed by atoms with Gasteiger partial charge in [0.2, 0.25) is 16.8 Å². The molecule has 1 heterocycles. The molecule has 0 radical (unpaired) electrons. The van der Waals surface area contributed by atoms with Gasteiger partial charge in [-0.25, -0.2) is 8.42 Å². The van der Waals surface area contributed by atoms with E-state index < -0.39 is 10.0 Å². The first-order valence-corrected chi connectivity index (χ1v) is 9.00.